The van der Waals surface area contributed by atoms with E-state index >= 15 is 0 Å². The first-order valence-electron chi connectivity index (χ1n) is 8.76. The summed E-state index contributed by atoms with van der Waals surface area (Å²) in [5.74, 6) is 0.610. The normalized spacial score (nSPS) is 10.8. The molecule has 0 atom stereocenters. The molecule has 4 rings (SSSR count). The molecule has 0 unspecified atom stereocenters. The van der Waals surface area contributed by atoms with Crippen molar-refractivity contribution < 1.29 is 9.90 Å². The second-order valence-corrected chi connectivity index (χ2v) is 8.28. The molecule has 0 fully saturated rings. The molecule has 1 amide bonds. The molecule has 146 valence electrons. The average Bonchev–Trinajstić information content (AvgIpc) is 3.33. The third kappa shape index (κ3) is 4.30. The Morgan fingerprint density at radius 1 is 1.14 bits per heavy atom. The van der Waals surface area contributed by atoms with Gasteiger partial charge in [-0.25, -0.2) is 4.98 Å². The third-order valence-electron chi connectivity index (χ3n) is 3.99. The fourth-order valence-corrected chi connectivity index (χ4v) is 4.14. The molecular formula is C20H17N5O2S2. The van der Waals surface area contributed by atoms with Gasteiger partial charge in [-0.05, 0) is 31.2 Å². The van der Waals surface area contributed by atoms with Crippen molar-refractivity contribution in [2.75, 3.05) is 11.1 Å². The highest BCUT2D eigenvalue weighted by Crippen LogP contribution is 2.32. The second kappa shape index (κ2) is 8.46. The van der Waals surface area contributed by atoms with E-state index in [1.165, 1.54) is 23.1 Å². The number of nitrogens with one attached hydrogen (secondary N) is 1. The number of amides is 1. The Bertz CT molecular complexity index is 1140. The first kappa shape index (κ1) is 19.2. The van der Waals surface area contributed by atoms with E-state index in [0.717, 1.165) is 10.6 Å². The number of phenols is 1. The number of phenolic OH excluding ortho intramolecular Hbond substituents is 1. The van der Waals surface area contributed by atoms with Crippen LogP contribution in [0.3, 0.4) is 0 Å². The fraction of sp³-hybridized carbons (Fsp3) is 0.100. The predicted molar refractivity (Wildman–Crippen MR) is 115 cm³/mol. The van der Waals surface area contributed by atoms with Gasteiger partial charge >= 0.3 is 0 Å². The number of carbonyl (C=O) groups excluding carboxylic acids is 1. The molecule has 29 heavy (non-hydrogen) atoms. The minimum Gasteiger partial charge on any atom is -0.507 e. The topological polar surface area (TPSA) is 92.9 Å². The van der Waals surface area contributed by atoms with Crippen molar-refractivity contribution in [2.24, 2.45) is 0 Å². The van der Waals surface area contributed by atoms with E-state index in [2.05, 4.69) is 20.5 Å². The van der Waals surface area contributed by atoms with E-state index in [4.69, 9.17) is 0 Å². The first-order valence-corrected chi connectivity index (χ1v) is 10.6. The van der Waals surface area contributed by atoms with E-state index in [9.17, 15) is 9.90 Å². The highest BCUT2D eigenvalue weighted by molar-refractivity contribution is 7.99. The Balaban J connectivity index is 1.62. The number of hydrogen-bond acceptors (Lipinski definition) is 7. The van der Waals surface area contributed by atoms with Crippen LogP contribution in [0.5, 0.6) is 5.75 Å². The lowest BCUT2D eigenvalue weighted by Crippen LogP contribution is -2.14. The van der Waals surface area contributed by atoms with Crippen LogP contribution >= 0.6 is 23.1 Å². The molecular weight excluding hydrogens is 406 g/mol. The number of thioether (sulfide) groups is 1. The van der Waals surface area contributed by atoms with Crippen LogP contribution in [-0.4, -0.2) is 36.5 Å². The number of nitrogens with zero attached hydrogens (tertiary/aromatic N) is 4. The lowest BCUT2D eigenvalue weighted by Gasteiger charge is -2.11. The van der Waals surface area contributed by atoms with Gasteiger partial charge in [-0.3, -0.25) is 9.36 Å². The zero-order valence-electron chi connectivity index (χ0n) is 15.4. The number of aromatic hydroxyl groups is 1. The van der Waals surface area contributed by atoms with E-state index in [0.29, 0.717) is 21.7 Å². The monoisotopic (exact) mass is 423 g/mol. The van der Waals surface area contributed by atoms with Crippen LogP contribution in [0.1, 0.15) is 4.88 Å². The molecule has 0 aliphatic carbocycles. The highest BCUT2D eigenvalue weighted by Gasteiger charge is 2.19. The molecule has 2 aromatic carbocycles. The molecule has 0 aliphatic heterocycles. The largest absolute Gasteiger partial charge is 0.507 e. The summed E-state index contributed by atoms with van der Waals surface area (Å²) in [4.78, 5) is 17.5. The molecule has 0 bridgehead atoms. The smallest absolute Gasteiger partial charge is 0.236 e. The summed E-state index contributed by atoms with van der Waals surface area (Å²) in [6, 6.07) is 16.6. The number of thiazole rings is 1. The van der Waals surface area contributed by atoms with Crippen molar-refractivity contribution in [2.45, 2.75) is 12.1 Å². The van der Waals surface area contributed by atoms with Crippen LogP contribution in [0.25, 0.3) is 17.1 Å². The molecule has 2 N–H and O–H groups in total. The van der Waals surface area contributed by atoms with Crippen molar-refractivity contribution in [3.05, 3.63) is 65.7 Å². The number of aryl methyl sites for hydroxylation is 1. The highest BCUT2D eigenvalue weighted by atomic mass is 32.2. The van der Waals surface area contributed by atoms with Crippen molar-refractivity contribution in [3.8, 4) is 22.8 Å². The minimum atomic E-state index is -0.170. The van der Waals surface area contributed by atoms with Crippen molar-refractivity contribution in [1.29, 1.82) is 0 Å². The number of rotatable bonds is 6. The van der Waals surface area contributed by atoms with Crippen LogP contribution < -0.4 is 5.32 Å². The van der Waals surface area contributed by atoms with Gasteiger partial charge in [0.15, 0.2) is 16.1 Å². The molecule has 9 heteroatoms. The number of benzene rings is 2. The van der Waals surface area contributed by atoms with Gasteiger partial charge in [-0.1, -0.05) is 42.1 Å². The van der Waals surface area contributed by atoms with E-state index in [-0.39, 0.29) is 17.4 Å². The summed E-state index contributed by atoms with van der Waals surface area (Å²) in [5.41, 5.74) is 1.41. The molecule has 4 aromatic rings. The zero-order valence-corrected chi connectivity index (χ0v) is 17.1. The Labute approximate surface area is 175 Å². The minimum absolute atomic E-state index is 0.116. The summed E-state index contributed by atoms with van der Waals surface area (Å²) in [7, 11) is 0. The Hall–Kier alpha value is -3.17. The summed E-state index contributed by atoms with van der Waals surface area (Å²) in [5, 5.41) is 22.7. The zero-order chi connectivity index (χ0) is 20.2. The predicted octanol–water partition coefficient (Wildman–Crippen LogP) is 4.14. The quantitative estimate of drug-likeness (QED) is 0.453. The summed E-state index contributed by atoms with van der Waals surface area (Å²) in [6.45, 7) is 1.94. The Kier molecular flexibility index (Phi) is 5.59. The lowest BCUT2D eigenvalue weighted by molar-refractivity contribution is -0.113. The first-order chi connectivity index (χ1) is 14.1. The van der Waals surface area contributed by atoms with Crippen LogP contribution in [0.15, 0.2) is 66.0 Å². The number of carbonyl (C=O) groups is 1. The number of para-hydroxylation sites is 2. The molecule has 2 heterocycles. The number of hydrogen-bond donors (Lipinski definition) is 2. The third-order valence-corrected chi connectivity index (χ3v) is 5.75. The SMILES string of the molecule is Cc1cnc(NC(=O)CSc2nnc(-c3ccccc3O)n2-c2ccccc2)s1. The van der Waals surface area contributed by atoms with Gasteiger partial charge in [0.2, 0.25) is 5.91 Å². The second-order valence-electron chi connectivity index (χ2n) is 6.11. The lowest BCUT2D eigenvalue weighted by atomic mass is 10.2. The van der Waals surface area contributed by atoms with E-state index in [1.54, 1.807) is 24.4 Å². The van der Waals surface area contributed by atoms with Crippen molar-refractivity contribution >= 4 is 34.1 Å². The summed E-state index contributed by atoms with van der Waals surface area (Å²) < 4.78 is 1.83. The summed E-state index contributed by atoms with van der Waals surface area (Å²) >= 11 is 2.70. The van der Waals surface area contributed by atoms with Gasteiger partial charge in [0, 0.05) is 16.8 Å². The fourth-order valence-electron chi connectivity index (χ4n) is 2.71. The molecule has 0 saturated heterocycles. The Morgan fingerprint density at radius 2 is 1.90 bits per heavy atom. The van der Waals surface area contributed by atoms with Crippen molar-refractivity contribution in [3.63, 3.8) is 0 Å². The van der Waals surface area contributed by atoms with E-state index < -0.39 is 0 Å². The maximum absolute atomic E-state index is 12.3. The van der Waals surface area contributed by atoms with E-state index in [1.807, 2.05) is 47.9 Å². The van der Waals surface area contributed by atoms with Gasteiger partial charge in [0.1, 0.15) is 5.75 Å². The maximum Gasteiger partial charge on any atom is 0.236 e. The number of anilines is 1. The molecule has 0 radical (unpaired) electrons. The van der Waals surface area contributed by atoms with Crippen LogP contribution in [-0.2, 0) is 4.79 Å². The maximum atomic E-state index is 12.3. The van der Waals surface area contributed by atoms with Gasteiger partial charge in [-0.2, -0.15) is 0 Å². The molecule has 0 aliphatic rings. The van der Waals surface area contributed by atoms with Gasteiger partial charge in [0.05, 0.1) is 11.3 Å². The summed E-state index contributed by atoms with van der Waals surface area (Å²) in [6.07, 6.45) is 1.72. The van der Waals surface area contributed by atoms with Gasteiger partial charge < -0.3 is 10.4 Å². The van der Waals surface area contributed by atoms with Crippen LogP contribution in [0.2, 0.25) is 0 Å². The number of aromatic nitrogens is 4. The molecule has 2 aromatic heterocycles. The van der Waals surface area contributed by atoms with Crippen LogP contribution in [0, 0.1) is 6.92 Å². The van der Waals surface area contributed by atoms with Gasteiger partial charge in [0.25, 0.3) is 0 Å². The van der Waals surface area contributed by atoms with Gasteiger partial charge in [-0.15, -0.1) is 21.5 Å². The average molecular weight is 424 g/mol. The molecule has 0 spiro atoms. The standard InChI is InChI=1S/C20H17N5O2S2/c1-13-11-21-19(29-13)22-17(27)12-28-20-24-23-18(15-9-5-6-10-16(15)26)25(20)14-7-3-2-4-8-14/h2-11,26H,12H2,1H3,(H,21,22,27). The molecule has 7 nitrogen and oxygen atoms in total. The van der Waals surface area contributed by atoms with Crippen molar-refractivity contribution in [1.82, 2.24) is 19.7 Å². The molecule has 0 saturated carbocycles. The Morgan fingerprint density at radius 3 is 2.62 bits per heavy atom. The van der Waals surface area contributed by atoms with Crippen LogP contribution in [0.4, 0.5) is 5.13 Å².